The smallest absolute Gasteiger partial charge is 0.0178 e. The number of rotatable bonds is 7. The Morgan fingerprint density at radius 2 is 2.00 bits per heavy atom. The van der Waals surface area contributed by atoms with Gasteiger partial charge in [0.15, 0.2) is 0 Å². The Morgan fingerprint density at radius 3 is 2.61 bits per heavy atom. The van der Waals surface area contributed by atoms with Crippen molar-refractivity contribution in [3.8, 4) is 0 Å². The van der Waals surface area contributed by atoms with Crippen molar-refractivity contribution in [2.24, 2.45) is 5.73 Å². The fourth-order valence-corrected chi connectivity index (χ4v) is 2.38. The van der Waals surface area contributed by atoms with Gasteiger partial charge in [0.1, 0.15) is 0 Å². The van der Waals surface area contributed by atoms with E-state index >= 15 is 0 Å². The average molecular weight is 313 g/mol. The van der Waals surface area contributed by atoms with Crippen LogP contribution in [-0.2, 0) is 6.42 Å². The lowest BCUT2D eigenvalue weighted by molar-refractivity contribution is 0.313. The van der Waals surface area contributed by atoms with Crippen LogP contribution in [0.4, 0.5) is 0 Å². The van der Waals surface area contributed by atoms with Crippen LogP contribution in [-0.4, -0.2) is 30.6 Å². The molecule has 0 aliphatic heterocycles. The average Bonchev–Trinajstić information content (AvgIpc) is 2.25. The summed E-state index contributed by atoms with van der Waals surface area (Å²) in [6, 6.07) is 8.53. The van der Waals surface area contributed by atoms with Gasteiger partial charge in [-0.3, -0.25) is 0 Å². The summed E-state index contributed by atoms with van der Waals surface area (Å²) in [7, 11) is 2.18. The molecule has 2 nitrogen and oxygen atoms in total. The summed E-state index contributed by atoms with van der Waals surface area (Å²) in [5.74, 6) is 0. The van der Waals surface area contributed by atoms with Gasteiger partial charge in [0.05, 0.1) is 0 Å². The molecule has 1 aromatic carbocycles. The first-order valence-electron chi connectivity index (χ1n) is 6.59. The fraction of sp³-hybridized carbons (Fsp3) is 0.600. The van der Waals surface area contributed by atoms with Crippen LogP contribution in [0.5, 0.6) is 0 Å². The van der Waals surface area contributed by atoms with Crippen LogP contribution in [0.2, 0.25) is 0 Å². The van der Waals surface area contributed by atoms with Crippen LogP contribution in [0.15, 0.2) is 28.7 Å². The summed E-state index contributed by atoms with van der Waals surface area (Å²) in [5.41, 5.74) is 7.33. The third kappa shape index (κ3) is 7.14. The highest BCUT2D eigenvalue weighted by molar-refractivity contribution is 9.10. The molecule has 0 atom stereocenters. The van der Waals surface area contributed by atoms with E-state index in [-0.39, 0.29) is 5.54 Å². The van der Waals surface area contributed by atoms with E-state index < -0.39 is 0 Å². The number of nitrogens with zero attached hydrogens (tertiary/aromatic N) is 1. The highest BCUT2D eigenvalue weighted by atomic mass is 79.9. The number of likely N-dealkylation sites (N-methyl/N-ethyl adjacent to an activating group) is 1. The maximum Gasteiger partial charge on any atom is 0.0178 e. The predicted molar refractivity (Wildman–Crippen MR) is 82.8 cm³/mol. The van der Waals surface area contributed by atoms with E-state index in [1.165, 1.54) is 12.0 Å². The van der Waals surface area contributed by atoms with Crippen LogP contribution in [0.25, 0.3) is 0 Å². The number of hydrogen-bond acceptors (Lipinski definition) is 2. The Kier molecular flexibility index (Phi) is 6.33. The summed E-state index contributed by atoms with van der Waals surface area (Å²) in [5, 5.41) is 0. The van der Waals surface area contributed by atoms with Gasteiger partial charge in [-0.1, -0.05) is 28.1 Å². The van der Waals surface area contributed by atoms with Gasteiger partial charge in [-0.05, 0) is 64.4 Å². The predicted octanol–water partition coefficient (Wildman–Crippen LogP) is 3.44. The molecule has 0 aromatic heterocycles. The third-order valence-electron chi connectivity index (χ3n) is 3.03. The van der Waals surface area contributed by atoms with E-state index in [1.807, 2.05) is 0 Å². The molecular weight excluding hydrogens is 288 g/mol. The molecule has 0 saturated heterocycles. The molecule has 18 heavy (non-hydrogen) atoms. The van der Waals surface area contributed by atoms with Crippen LogP contribution < -0.4 is 5.73 Å². The molecular formula is C15H25BrN2. The standard InChI is InChI=1S/C15H25BrN2/c1-15(2,17)9-5-10-18(3)11-8-13-6-4-7-14(16)12-13/h4,6-7,12H,5,8-11,17H2,1-3H3. The molecule has 0 aliphatic rings. The zero-order chi connectivity index (χ0) is 13.6. The topological polar surface area (TPSA) is 29.3 Å². The minimum absolute atomic E-state index is 0.0366. The first kappa shape index (κ1) is 15.7. The Hall–Kier alpha value is -0.380. The molecule has 1 aromatic rings. The Bertz CT molecular complexity index is 358. The van der Waals surface area contributed by atoms with Crippen molar-refractivity contribution in [1.82, 2.24) is 4.90 Å². The van der Waals surface area contributed by atoms with Crippen molar-refractivity contribution in [2.45, 2.75) is 38.6 Å². The van der Waals surface area contributed by atoms with Crippen LogP contribution in [0, 0.1) is 0 Å². The van der Waals surface area contributed by atoms with Gasteiger partial charge in [-0.2, -0.15) is 0 Å². The van der Waals surface area contributed by atoms with Gasteiger partial charge in [0.25, 0.3) is 0 Å². The molecule has 0 amide bonds. The summed E-state index contributed by atoms with van der Waals surface area (Å²) in [4.78, 5) is 2.38. The zero-order valence-corrected chi connectivity index (χ0v) is 13.3. The van der Waals surface area contributed by atoms with Gasteiger partial charge in [-0.25, -0.2) is 0 Å². The molecule has 0 saturated carbocycles. The lowest BCUT2D eigenvalue weighted by Gasteiger charge is -2.21. The first-order chi connectivity index (χ1) is 8.37. The quantitative estimate of drug-likeness (QED) is 0.835. The molecule has 102 valence electrons. The SMILES string of the molecule is CN(CCCC(C)(C)N)CCc1cccc(Br)c1. The number of hydrogen-bond donors (Lipinski definition) is 1. The van der Waals surface area contributed by atoms with E-state index in [1.54, 1.807) is 0 Å². The highest BCUT2D eigenvalue weighted by Crippen LogP contribution is 2.12. The van der Waals surface area contributed by atoms with Gasteiger partial charge in [-0.15, -0.1) is 0 Å². The Morgan fingerprint density at radius 1 is 1.28 bits per heavy atom. The maximum absolute atomic E-state index is 5.98. The van der Waals surface area contributed by atoms with Gasteiger partial charge in [0.2, 0.25) is 0 Å². The van der Waals surface area contributed by atoms with Gasteiger partial charge >= 0.3 is 0 Å². The largest absolute Gasteiger partial charge is 0.326 e. The molecule has 0 aliphatic carbocycles. The second-order valence-corrected chi connectivity index (χ2v) is 6.69. The summed E-state index contributed by atoms with van der Waals surface area (Å²) in [6.07, 6.45) is 3.34. The van der Waals surface area contributed by atoms with Crippen LogP contribution in [0.3, 0.4) is 0 Å². The number of nitrogens with two attached hydrogens (primary N) is 1. The van der Waals surface area contributed by atoms with Crippen molar-refractivity contribution in [3.63, 3.8) is 0 Å². The molecule has 0 bridgehead atoms. The van der Waals surface area contributed by atoms with Gasteiger partial charge < -0.3 is 10.6 Å². The van der Waals surface area contributed by atoms with Crippen LogP contribution >= 0.6 is 15.9 Å². The Balaban J connectivity index is 2.23. The molecule has 3 heteroatoms. The molecule has 2 N–H and O–H groups in total. The molecule has 0 spiro atoms. The van der Waals surface area contributed by atoms with Crippen LogP contribution in [0.1, 0.15) is 32.3 Å². The zero-order valence-electron chi connectivity index (χ0n) is 11.7. The highest BCUT2D eigenvalue weighted by Gasteiger charge is 2.10. The molecule has 0 fully saturated rings. The molecule has 0 unspecified atom stereocenters. The fourth-order valence-electron chi connectivity index (χ4n) is 1.93. The monoisotopic (exact) mass is 312 g/mol. The third-order valence-corrected chi connectivity index (χ3v) is 3.53. The van der Waals surface area contributed by atoms with E-state index in [0.29, 0.717) is 0 Å². The van der Waals surface area contributed by atoms with E-state index in [4.69, 9.17) is 5.73 Å². The minimum Gasteiger partial charge on any atom is -0.326 e. The summed E-state index contributed by atoms with van der Waals surface area (Å²) in [6.45, 7) is 6.40. The maximum atomic E-state index is 5.98. The van der Waals surface area contributed by atoms with Crippen molar-refractivity contribution >= 4 is 15.9 Å². The van der Waals surface area contributed by atoms with E-state index in [2.05, 4.69) is 66.0 Å². The summed E-state index contributed by atoms with van der Waals surface area (Å²) < 4.78 is 1.16. The van der Waals surface area contributed by atoms with E-state index in [0.717, 1.165) is 30.4 Å². The first-order valence-corrected chi connectivity index (χ1v) is 7.38. The molecule has 1 rings (SSSR count). The second kappa shape index (κ2) is 7.27. The van der Waals surface area contributed by atoms with Gasteiger partial charge in [0, 0.05) is 16.6 Å². The van der Waals surface area contributed by atoms with Crippen molar-refractivity contribution in [2.75, 3.05) is 20.1 Å². The Labute approximate surface area is 120 Å². The lowest BCUT2D eigenvalue weighted by atomic mass is 10.00. The van der Waals surface area contributed by atoms with Crippen molar-refractivity contribution in [1.29, 1.82) is 0 Å². The number of halogens is 1. The minimum atomic E-state index is -0.0366. The van der Waals surface area contributed by atoms with Crippen molar-refractivity contribution in [3.05, 3.63) is 34.3 Å². The normalized spacial score (nSPS) is 12.1. The molecule has 0 radical (unpaired) electrons. The van der Waals surface area contributed by atoms with E-state index in [9.17, 15) is 0 Å². The second-order valence-electron chi connectivity index (χ2n) is 5.78. The van der Waals surface area contributed by atoms with Crippen molar-refractivity contribution < 1.29 is 0 Å². The summed E-state index contributed by atoms with van der Waals surface area (Å²) >= 11 is 3.51. The number of benzene rings is 1. The molecule has 0 heterocycles. The lowest BCUT2D eigenvalue weighted by Crippen LogP contribution is -2.33.